The van der Waals surface area contributed by atoms with Gasteiger partial charge in [-0.2, -0.15) is 0 Å². The van der Waals surface area contributed by atoms with Crippen molar-refractivity contribution in [3.05, 3.63) is 0 Å². The summed E-state index contributed by atoms with van der Waals surface area (Å²) in [5.41, 5.74) is 2.89. The number of alkyl halides is 2. The summed E-state index contributed by atoms with van der Waals surface area (Å²) in [6, 6.07) is -0.653. The monoisotopic (exact) mass is 192 g/mol. The summed E-state index contributed by atoms with van der Waals surface area (Å²) in [6.07, 6.45) is -2.27. The molecule has 0 aromatic heterocycles. The van der Waals surface area contributed by atoms with E-state index in [0.717, 1.165) is 0 Å². The first-order valence-corrected chi connectivity index (χ1v) is 4.58. The van der Waals surface area contributed by atoms with Crippen LogP contribution in [-0.2, 0) is 0 Å². The van der Waals surface area contributed by atoms with Gasteiger partial charge < -0.3 is 0 Å². The van der Waals surface area contributed by atoms with E-state index in [-0.39, 0.29) is 11.3 Å². The van der Waals surface area contributed by atoms with E-state index in [1.165, 1.54) is 0 Å². The molecule has 0 amide bonds. The predicted octanol–water partition coefficient (Wildman–Crippen LogP) is 1.73. The third-order valence-corrected chi connectivity index (χ3v) is 2.79. The lowest BCUT2D eigenvalue weighted by molar-refractivity contribution is 0.00636. The van der Waals surface area contributed by atoms with Crippen molar-refractivity contribution in [1.82, 2.24) is 10.4 Å². The zero-order chi connectivity index (χ0) is 10.2. The summed E-state index contributed by atoms with van der Waals surface area (Å²) in [5.74, 6) is 0.0116. The molecule has 1 saturated heterocycles. The Morgan fingerprint density at radius 2 is 1.92 bits per heavy atom. The lowest BCUT2D eigenvalue weighted by Crippen LogP contribution is -2.42. The van der Waals surface area contributed by atoms with E-state index in [2.05, 4.69) is 5.43 Å². The van der Waals surface area contributed by atoms with Crippen LogP contribution in [0.3, 0.4) is 0 Å². The first kappa shape index (κ1) is 10.9. The normalized spacial score (nSPS) is 31.6. The fraction of sp³-hybridized carbons (Fsp3) is 1.00. The predicted molar refractivity (Wildman–Crippen MR) is 48.5 cm³/mol. The van der Waals surface area contributed by atoms with Gasteiger partial charge in [0, 0.05) is 19.5 Å². The van der Waals surface area contributed by atoms with E-state index in [4.69, 9.17) is 0 Å². The van der Waals surface area contributed by atoms with Crippen LogP contribution in [0.25, 0.3) is 0 Å². The van der Waals surface area contributed by atoms with Gasteiger partial charge in [0.1, 0.15) is 0 Å². The molecule has 0 aromatic rings. The van der Waals surface area contributed by atoms with E-state index in [1.54, 1.807) is 12.1 Å². The highest BCUT2D eigenvalue weighted by Crippen LogP contribution is 2.35. The smallest absolute Gasteiger partial charge is 0.255 e. The average molecular weight is 192 g/mol. The lowest BCUT2D eigenvalue weighted by Gasteiger charge is -2.32. The molecule has 0 spiro atoms. The molecule has 1 aliphatic rings. The Kier molecular flexibility index (Phi) is 2.92. The third-order valence-electron chi connectivity index (χ3n) is 2.79. The number of hydrazine groups is 1. The number of hydrogen-bond donors (Lipinski definition) is 1. The summed E-state index contributed by atoms with van der Waals surface area (Å²) in [7, 11) is 1.68. The van der Waals surface area contributed by atoms with Gasteiger partial charge in [0.15, 0.2) is 0 Å². The summed E-state index contributed by atoms with van der Waals surface area (Å²) < 4.78 is 25.4. The molecular weight excluding hydrogens is 174 g/mol. The van der Waals surface area contributed by atoms with Crippen LogP contribution in [0, 0.1) is 11.3 Å². The first-order chi connectivity index (χ1) is 5.84. The highest BCUT2D eigenvalue weighted by atomic mass is 19.3. The van der Waals surface area contributed by atoms with Crippen molar-refractivity contribution in [2.24, 2.45) is 11.3 Å². The van der Waals surface area contributed by atoms with Crippen LogP contribution in [0.1, 0.15) is 20.8 Å². The minimum atomic E-state index is -2.27. The highest BCUT2D eigenvalue weighted by molar-refractivity contribution is 4.91. The lowest BCUT2D eigenvalue weighted by atomic mass is 9.77. The van der Waals surface area contributed by atoms with Crippen LogP contribution < -0.4 is 5.43 Å². The second-order valence-electron chi connectivity index (χ2n) is 4.77. The molecule has 0 radical (unpaired) electrons. The summed E-state index contributed by atoms with van der Waals surface area (Å²) in [6.45, 7) is 6.67. The van der Waals surface area contributed by atoms with Crippen molar-refractivity contribution in [1.29, 1.82) is 0 Å². The van der Waals surface area contributed by atoms with Gasteiger partial charge in [0.25, 0.3) is 6.43 Å². The van der Waals surface area contributed by atoms with Crippen LogP contribution in [0.4, 0.5) is 8.78 Å². The van der Waals surface area contributed by atoms with E-state index in [9.17, 15) is 8.78 Å². The Hall–Kier alpha value is -0.220. The molecule has 78 valence electrons. The van der Waals surface area contributed by atoms with Gasteiger partial charge >= 0.3 is 0 Å². The van der Waals surface area contributed by atoms with Crippen molar-refractivity contribution in [3.8, 4) is 0 Å². The maximum atomic E-state index is 12.7. The van der Waals surface area contributed by atoms with Crippen molar-refractivity contribution in [2.45, 2.75) is 33.2 Å². The molecule has 2 nitrogen and oxygen atoms in total. The molecule has 1 heterocycles. The molecule has 4 heteroatoms. The zero-order valence-corrected chi connectivity index (χ0v) is 8.64. The number of rotatable bonds is 1. The minimum absolute atomic E-state index is 0.0116. The molecule has 1 fully saturated rings. The molecule has 2 unspecified atom stereocenters. The summed E-state index contributed by atoms with van der Waals surface area (Å²) >= 11 is 0. The number of nitrogens with zero attached hydrogens (tertiary/aromatic N) is 1. The molecule has 2 atom stereocenters. The van der Waals surface area contributed by atoms with Crippen LogP contribution in [0.15, 0.2) is 0 Å². The number of nitrogens with one attached hydrogen (secondary N) is 1. The van der Waals surface area contributed by atoms with Gasteiger partial charge in [-0.15, -0.1) is 0 Å². The second-order valence-corrected chi connectivity index (χ2v) is 4.77. The standard InChI is InChI=1S/C9H18F2N2/c1-9(2,3)6-5-12-13(4)7(6)8(10)11/h6-8,12H,5H2,1-4H3. The number of halogens is 2. The first-order valence-electron chi connectivity index (χ1n) is 4.58. The van der Waals surface area contributed by atoms with Crippen molar-refractivity contribution in [2.75, 3.05) is 13.6 Å². The molecular formula is C9H18F2N2. The maximum absolute atomic E-state index is 12.7. The Labute approximate surface area is 78.3 Å². The molecule has 0 aliphatic carbocycles. The van der Waals surface area contributed by atoms with Crippen LogP contribution in [0.2, 0.25) is 0 Å². The summed E-state index contributed by atoms with van der Waals surface area (Å²) in [4.78, 5) is 0. The molecule has 0 bridgehead atoms. The minimum Gasteiger partial charge on any atom is -0.255 e. The molecule has 0 aromatic carbocycles. The van der Waals surface area contributed by atoms with Crippen molar-refractivity contribution >= 4 is 0 Å². The fourth-order valence-corrected chi connectivity index (χ4v) is 1.90. The van der Waals surface area contributed by atoms with E-state index >= 15 is 0 Å². The maximum Gasteiger partial charge on any atom is 0.255 e. The van der Waals surface area contributed by atoms with Gasteiger partial charge in [0.05, 0.1) is 6.04 Å². The van der Waals surface area contributed by atoms with Gasteiger partial charge in [-0.1, -0.05) is 20.8 Å². The Morgan fingerprint density at radius 3 is 2.23 bits per heavy atom. The molecule has 1 N–H and O–H groups in total. The average Bonchev–Trinajstić information content (AvgIpc) is 2.28. The number of hydrogen-bond acceptors (Lipinski definition) is 2. The van der Waals surface area contributed by atoms with Crippen LogP contribution in [-0.4, -0.2) is 31.1 Å². The van der Waals surface area contributed by atoms with E-state index in [0.29, 0.717) is 6.54 Å². The van der Waals surface area contributed by atoms with Gasteiger partial charge in [-0.3, -0.25) is 5.43 Å². The van der Waals surface area contributed by atoms with Gasteiger partial charge in [-0.05, 0) is 5.41 Å². The molecule has 1 aliphatic heterocycles. The highest BCUT2D eigenvalue weighted by Gasteiger charge is 2.43. The quantitative estimate of drug-likeness (QED) is 0.680. The fourth-order valence-electron chi connectivity index (χ4n) is 1.90. The Balaban J connectivity index is 2.76. The van der Waals surface area contributed by atoms with Crippen LogP contribution >= 0.6 is 0 Å². The van der Waals surface area contributed by atoms with Crippen LogP contribution in [0.5, 0.6) is 0 Å². The molecule has 0 saturated carbocycles. The van der Waals surface area contributed by atoms with Gasteiger partial charge in [0.2, 0.25) is 0 Å². The zero-order valence-electron chi connectivity index (χ0n) is 8.64. The van der Waals surface area contributed by atoms with E-state index < -0.39 is 12.5 Å². The molecule has 13 heavy (non-hydrogen) atoms. The Bertz CT molecular complexity index is 177. The summed E-state index contributed by atoms with van der Waals surface area (Å²) in [5, 5.41) is 1.54. The second kappa shape index (κ2) is 3.50. The Morgan fingerprint density at radius 1 is 1.38 bits per heavy atom. The van der Waals surface area contributed by atoms with Gasteiger partial charge in [-0.25, -0.2) is 13.8 Å². The molecule has 1 rings (SSSR count). The largest absolute Gasteiger partial charge is 0.255 e. The van der Waals surface area contributed by atoms with Crippen molar-refractivity contribution < 1.29 is 8.78 Å². The van der Waals surface area contributed by atoms with Crippen molar-refractivity contribution in [3.63, 3.8) is 0 Å². The van der Waals surface area contributed by atoms with E-state index in [1.807, 2.05) is 20.8 Å². The third kappa shape index (κ3) is 2.17. The topological polar surface area (TPSA) is 15.3 Å². The SMILES string of the molecule is CN1NCC(C(C)(C)C)C1C(F)F.